The smallest absolute Gasteiger partial charge is 0.123 e. The average Bonchev–Trinajstić information content (AvgIpc) is 3.21. The van der Waals surface area contributed by atoms with Crippen LogP contribution in [0.5, 0.6) is 0 Å². The Hall–Kier alpha value is -1.84. The molecular weight excluding hydrogens is 347 g/mol. The van der Waals surface area contributed by atoms with Gasteiger partial charge >= 0.3 is 0 Å². The topological polar surface area (TPSA) is 6.48 Å². The van der Waals surface area contributed by atoms with E-state index < -0.39 is 0 Å². The Labute approximate surface area is 159 Å². The van der Waals surface area contributed by atoms with E-state index in [1.54, 1.807) is 12.1 Å². The van der Waals surface area contributed by atoms with Crippen LogP contribution < -0.4 is 4.90 Å². The highest BCUT2D eigenvalue weighted by Gasteiger charge is 2.36. The van der Waals surface area contributed by atoms with Crippen molar-refractivity contribution in [3.8, 4) is 0 Å². The second-order valence-electron chi connectivity index (χ2n) is 7.45. The summed E-state index contributed by atoms with van der Waals surface area (Å²) in [6.07, 6.45) is 5.56. The van der Waals surface area contributed by atoms with Gasteiger partial charge in [0.05, 0.1) is 0 Å². The molecule has 4 heteroatoms. The minimum Gasteiger partial charge on any atom is -0.374 e. The molecule has 1 fully saturated rings. The zero-order valence-corrected chi connectivity index (χ0v) is 15.8. The lowest BCUT2D eigenvalue weighted by Crippen LogP contribution is -2.25. The highest BCUT2D eigenvalue weighted by Crippen LogP contribution is 2.42. The van der Waals surface area contributed by atoms with E-state index in [4.69, 9.17) is 11.6 Å². The normalized spacial score (nSPS) is 23.1. The first-order chi connectivity index (χ1) is 12.6. The first kappa shape index (κ1) is 17.6. The Balaban J connectivity index is 1.37. The summed E-state index contributed by atoms with van der Waals surface area (Å²) in [5, 5.41) is 0.766. The van der Waals surface area contributed by atoms with Crippen molar-refractivity contribution in [3.63, 3.8) is 0 Å². The molecule has 1 saturated heterocycles. The maximum Gasteiger partial charge on any atom is 0.123 e. The van der Waals surface area contributed by atoms with Crippen LogP contribution in [0.2, 0.25) is 5.02 Å². The SMILES string of the molecule is CN1CC(C2CCN(C/C=C/c3ccc(Cl)cc3)C2)c2cc(F)ccc21. The molecular formula is C22H24ClFN2. The quantitative estimate of drug-likeness (QED) is 0.743. The summed E-state index contributed by atoms with van der Waals surface area (Å²) in [4.78, 5) is 4.76. The van der Waals surface area contributed by atoms with Crippen LogP contribution in [0.25, 0.3) is 6.08 Å². The number of likely N-dealkylation sites (tertiary alicyclic amines) is 1. The van der Waals surface area contributed by atoms with Gasteiger partial charge in [-0.3, -0.25) is 4.90 Å². The molecule has 2 nitrogen and oxygen atoms in total. The Kier molecular flexibility index (Phi) is 5.01. The van der Waals surface area contributed by atoms with Gasteiger partial charge in [0.15, 0.2) is 0 Å². The molecule has 26 heavy (non-hydrogen) atoms. The largest absolute Gasteiger partial charge is 0.374 e. The van der Waals surface area contributed by atoms with Crippen molar-refractivity contribution in [1.82, 2.24) is 4.90 Å². The molecule has 2 aromatic rings. The van der Waals surface area contributed by atoms with Crippen molar-refractivity contribution in [3.05, 3.63) is 70.5 Å². The molecule has 0 N–H and O–H groups in total. The van der Waals surface area contributed by atoms with E-state index in [9.17, 15) is 4.39 Å². The number of anilines is 1. The van der Waals surface area contributed by atoms with E-state index in [1.807, 2.05) is 30.3 Å². The van der Waals surface area contributed by atoms with Crippen LogP contribution in [0.3, 0.4) is 0 Å². The maximum atomic E-state index is 13.7. The van der Waals surface area contributed by atoms with E-state index in [0.717, 1.165) is 31.2 Å². The molecule has 2 aromatic carbocycles. The summed E-state index contributed by atoms with van der Waals surface area (Å²) in [7, 11) is 2.11. The zero-order valence-electron chi connectivity index (χ0n) is 15.0. The highest BCUT2D eigenvalue weighted by atomic mass is 35.5. The number of hydrogen-bond donors (Lipinski definition) is 0. The molecule has 0 saturated carbocycles. The summed E-state index contributed by atoms with van der Waals surface area (Å²) in [5.41, 5.74) is 3.56. The minimum absolute atomic E-state index is 0.121. The summed E-state index contributed by atoms with van der Waals surface area (Å²) in [5.74, 6) is 0.921. The number of halogens is 2. The fourth-order valence-electron chi connectivity index (χ4n) is 4.33. The van der Waals surface area contributed by atoms with Gasteiger partial charge in [-0.25, -0.2) is 4.39 Å². The van der Waals surface area contributed by atoms with Crippen molar-refractivity contribution in [2.24, 2.45) is 5.92 Å². The van der Waals surface area contributed by atoms with E-state index in [1.165, 1.54) is 23.2 Å². The monoisotopic (exact) mass is 370 g/mol. The Bertz CT molecular complexity index is 802. The predicted octanol–water partition coefficient (Wildman–Crippen LogP) is 5.05. The van der Waals surface area contributed by atoms with Crippen molar-refractivity contribution >= 4 is 23.4 Å². The van der Waals surface area contributed by atoms with Crippen LogP contribution in [-0.2, 0) is 0 Å². The molecule has 0 spiro atoms. The van der Waals surface area contributed by atoms with Crippen molar-refractivity contribution < 1.29 is 4.39 Å². The van der Waals surface area contributed by atoms with Gasteiger partial charge in [-0.1, -0.05) is 35.9 Å². The first-order valence-electron chi connectivity index (χ1n) is 9.25. The van der Waals surface area contributed by atoms with Gasteiger partial charge in [0.1, 0.15) is 5.82 Å². The second kappa shape index (κ2) is 7.42. The van der Waals surface area contributed by atoms with Gasteiger partial charge in [-0.15, -0.1) is 0 Å². The number of rotatable bonds is 4. The van der Waals surface area contributed by atoms with Gasteiger partial charge < -0.3 is 4.90 Å². The zero-order chi connectivity index (χ0) is 18.1. The van der Waals surface area contributed by atoms with Gasteiger partial charge in [-0.05, 0) is 60.3 Å². The van der Waals surface area contributed by atoms with Gasteiger partial charge in [0, 0.05) is 43.3 Å². The maximum absolute atomic E-state index is 13.7. The molecule has 0 aliphatic carbocycles. The molecule has 2 unspecified atom stereocenters. The summed E-state index contributed by atoms with van der Waals surface area (Å²) in [6.45, 7) is 4.15. The third-order valence-electron chi connectivity index (χ3n) is 5.69. The van der Waals surface area contributed by atoms with Crippen LogP contribution in [0.4, 0.5) is 10.1 Å². The third kappa shape index (κ3) is 3.65. The van der Waals surface area contributed by atoms with Crippen molar-refractivity contribution in [1.29, 1.82) is 0 Å². The number of benzene rings is 2. The molecule has 0 bridgehead atoms. The van der Waals surface area contributed by atoms with Gasteiger partial charge in [0.2, 0.25) is 0 Å². The van der Waals surface area contributed by atoms with Crippen LogP contribution in [0, 0.1) is 11.7 Å². The Morgan fingerprint density at radius 2 is 1.96 bits per heavy atom. The van der Waals surface area contributed by atoms with E-state index in [0.29, 0.717) is 11.8 Å². The van der Waals surface area contributed by atoms with Crippen LogP contribution >= 0.6 is 11.6 Å². The van der Waals surface area contributed by atoms with E-state index >= 15 is 0 Å². The fraction of sp³-hybridized carbons (Fsp3) is 0.364. The minimum atomic E-state index is -0.121. The summed E-state index contributed by atoms with van der Waals surface area (Å²) < 4.78 is 13.7. The molecule has 0 aromatic heterocycles. The molecule has 2 atom stereocenters. The molecule has 2 aliphatic heterocycles. The summed E-state index contributed by atoms with van der Waals surface area (Å²) >= 11 is 5.92. The average molecular weight is 371 g/mol. The van der Waals surface area contributed by atoms with Crippen LogP contribution in [0.15, 0.2) is 48.5 Å². The lowest BCUT2D eigenvalue weighted by Gasteiger charge is -2.20. The number of likely N-dealkylation sites (N-methyl/N-ethyl adjacent to an activating group) is 1. The van der Waals surface area contributed by atoms with Gasteiger partial charge in [0.25, 0.3) is 0 Å². The lowest BCUT2D eigenvalue weighted by molar-refractivity contribution is 0.345. The van der Waals surface area contributed by atoms with Gasteiger partial charge in [-0.2, -0.15) is 0 Å². The Morgan fingerprint density at radius 3 is 2.77 bits per heavy atom. The third-order valence-corrected chi connectivity index (χ3v) is 5.94. The standard InChI is InChI=1S/C22H24ClFN2/c1-25-15-21(20-13-19(24)8-9-22(20)25)17-10-12-26(14-17)11-2-3-16-4-6-18(23)7-5-16/h2-9,13,17,21H,10-12,14-15H2,1H3/b3-2+. The van der Waals surface area contributed by atoms with E-state index in [-0.39, 0.29) is 5.82 Å². The molecule has 0 radical (unpaired) electrons. The second-order valence-corrected chi connectivity index (χ2v) is 7.89. The van der Waals surface area contributed by atoms with Crippen molar-refractivity contribution in [2.75, 3.05) is 38.1 Å². The fourth-order valence-corrected chi connectivity index (χ4v) is 4.46. The molecule has 136 valence electrons. The number of nitrogens with zero attached hydrogens (tertiary/aromatic N) is 2. The molecule has 2 aliphatic rings. The van der Waals surface area contributed by atoms with Crippen molar-refractivity contribution in [2.45, 2.75) is 12.3 Å². The molecule has 4 rings (SSSR count). The lowest BCUT2D eigenvalue weighted by atomic mass is 9.87. The predicted molar refractivity (Wildman–Crippen MR) is 107 cm³/mol. The van der Waals surface area contributed by atoms with Crippen LogP contribution in [-0.4, -0.2) is 38.1 Å². The number of fused-ring (bicyclic) bond motifs is 1. The first-order valence-corrected chi connectivity index (χ1v) is 9.63. The summed E-state index contributed by atoms with van der Waals surface area (Å²) in [6, 6.07) is 13.1. The van der Waals surface area contributed by atoms with Crippen LogP contribution in [0.1, 0.15) is 23.5 Å². The molecule has 0 amide bonds. The Morgan fingerprint density at radius 1 is 1.15 bits per heavy atom. The number of hydrogen-bond acceptors (Lipinski definition) is 2. The van der Waals surface area contributed by atoms with E-state index in [2.05, 4.69) is 29.0 Å². The molecule has 2 heterocycles. The highest BCUT2D eigenvalue weighted by molar-refractivity contribution is 6.30.